The second kappa shape index (κ2) is 5.32. The summed E-state index contributed by atoms with van der Waals surface area (Å²) < 4.78 is 51.4. The zero-order chi connectivity index (χ0) is 16.8. The third kappa shape index (κ3) is 2.74. The highest BCUT2D eigenvalue weighted by Gasteiger charge is 2.18. The third-order valence-corrected chi connectivity index (χ3v) is 2.25. The van der Waals surface area contributed by atoms with Crippen molar-refractivity contribution in [1.29, 1.82) is 0 Å². The van der Waals surface area contributed by atoms with Crippen molar-refractivity contribution in [3.63, 3.8) is 0 Å². The average molecular weight is 246 g/mol. The van der Waals surface area contributed by atoms with Gasteiger partial charge in [0.2, 0.25) is 5.91 Å². The Morgan fingerprint density at radius 2 is 2.12 bits per heavy atom. The van der Waals surface area contributed by atoms with E-state index in [9.17, 15) is 4.79 Å². The van der Waals surface area contributed by atoms with Gasteiger partial charge in [0.05, 0.1) is 12.1 Å². The SMILES string of the molecule is [2H]C([2H])(Cl)c1ccc(C([2H])([2H])N2C(=O)COCC2([2H])[2H])cc1. The minimum atomic E-state index is -2.40. The Hall–Kier alpha value is -1.06. The highest BCUT2D eigenvalue weighted by atomic mass is 35.5. The van der Waals surface area contributed by atoms with Crippen LogP contribution in [0.2, 0.25) is 0 Å². The molecule has 1 aliphatic rings. The van der Waals surface area contributed by atoms with Gasteiger partial charge in [-0.25, -0.2) is 0 Å². The van der Waals surface area contributed by atoms with Crippen LogP contribution >= 0.6 is 11.6 Å². The molecule has 1 saturated heterocycles. The summed E-state index contributed by atoms with van der Waals surface area (Å²) in [5.41, 5.74) is 0.168. The number of amides is 1. The zero-order valence-corrected chi connectivity index (χ0v) is 9.12. The number of hydrogen-bond donors (Lipinski definition) is 0. The Labute approximate surface area is 108 Å². The topological polar surface area (TPSA) is 29.5 Å². The van der Waals surface area contributed by atoms with Crippen molar-refractivity contribution >= 4 is 17.5 Å². The molecule has 0 bridgehead atoms. The highest BCUT2D eigenvalue weighted by Crippen LogP contribution is 2.10. The van der Waals surface area contributed by atoms with Crippen LogP contribution < -0.4 is 0 Å². The van der Waals surface area contributed by atoms with Crippen molar-refractivity contribution < 1.29 is 17.8 Å². The fourth-order valence-corrected chi connectivity index (χ4v) is 1.37. The summed E-state index contributed by atoms with van der Waals surface area (Å²) in [6, 6.07) is 5.18. The quantitative estimate of drug-likeness (QED) is 0.760. The molecule has 86 valence electrons. The molecule has 2 rings (SSSR count). The van der Waals surface area contributed by atoms with Gasteiger partial charge in [0.15, 0.2) is 0 Å². The van der Waals surface area contributed by atoms with Gasteiger partial charge < -0.3 is 9.64 Å². The van der Waals surface area contributed by atoms with E-state index in [1.54, 1.807) is 0 Å². The van der Waals surface area contributed by atoms with E-state index in [1.165, 1.54) is 24.3 Å². The first kappa shape index (κ1) is 6.03. The molecule has 0 unspecified atom stereocenters. The second-order valence-corrected chi connectivity index (χ2v) is 3.35. The van der Waals surface area contributed by atoms with Gasteiger partial charge in [0.25, 0.3) is 0 Å². The number of nitrogens with zero attached hydrogens (tertiary/aromatic N) is 1. The van der Waals surface area contributed by atoms with Crippen LogP contribution in [-0.2, 0) is 21.9 Å². The lowest BCUT2D eigenvalue weighted by atomic mass is 10.1. The van der Waals surface area contributed by atoms with Crippen LogP contribution in [0.25, 0.3) is 0 Å². The van der Waals surface area contributed by atoms with Gasteiger partial charge in [-0.2, -0.15) is 0 Å². The number of halogens is 1. The molecule has 0 saturated carbocycles. The Morgan fingerprint density at radius 3 is 2.75 bits per heavy atom. The van der Waals surface area contributed by atoms with Crippen molar-refractivity contribution in [2.45, 2.75) is 12.3 Å². The van der Waals surface area contributed by atoms with E-state index in [4.69, 9.17) is 24.6 Å². The fraction of sp³-hybridized carbons (Fsp3) is 0.417. The predicted molar refractivity (Wildman–Crippen MR) is 62.2 cm³/mol. The summed E-state index contributed by atoms with van der Waals surface area (Å²) in [7, 11) is 0. The number of rotatable bonds is 3. The maximum Gasteiger partial charge on any atom is 0.248 e. The van der Waals surface area contributed by atoms with E-state index in [2.05, 4.69) is 0 Å². The van der Waals surface area contributed by atoms with E-state index in [-0.39, 0.29) is 17.7 Å². The monoisotopic (exact) mass is 245 g/mol. The molecular formula is C12H14ClNO2. The maximum atomic E-state index is 11.9. The van der Waals surface area contributed by atoms with Crippen molar-refractivity contribution in [1.82, 2.24) is 4.90 Å². The van der Waals surface area contributed by atoms with E-state index >= 15 is 0 Å². The van der Waals surface area contributed by atoms with Gasteiger partial charge in [0, 0.05) is 21.6 Å². The summed E-state index contributed by atoms with van der Waals surface area (Å²) in [5.74, 6) is -2.88. The number of hydrogen-bond acceptors (Lipinski definition) is 2. The first-order valence-electron chi connectivity index (χ1n) is 7.67. The van der Waals surface area contributed by atoms with Crippen LogP contribution in [0.5, 0.6) is 0 Å². The molecular weight excluding hydrogens is 226 g/mol. The van der Waals surface area contributed by atoms with Crippen molar-refractivity contribution in [2.75, 3.05) is 19.7 Å². The van der Waals surface area contributed by atoms with Crippen molar-refractivity contribution in [3.05, 3.63) is 35.4 Å². The molecule has 0 radical (unpaired) electrons. The van der Waals surface area contributed by atoms with Gasteiger partial charge in [-0.05, 0) is 11.1 Å². The molecule has 16 heavy (non-hydrogen) atoms. The van der Waals surface area contributed by atoms with Crippen LogP contribution in [0.1, 0.15) is 19.4 Å². The minimum absolute atomic E-state index is 0.0243. The molecule has 0 spiro atoms. The summed E-state index contributed by atoms with van der Waals surface area (Å²) >= 11 is 5.54. The number of carbonyl (C=O) groups is 1. The lowest BCUT2D eigenvalue weighted by Gasteiger charge is -2.26. The number of alkyl halides is 1. The van der Waals surface area contributed by atoms with E-state index < -0.39 is 31.3 Å². The summed E-state index contributed by atoms with van der Waals surface area (Å²) in [6.45, 7) is -5.48. The Bertz CT molecular complexity index is 572. The molecule has 3 nitrogen and oxygen atoms in total. The standard InChI is InChI=1S/C12H14ClNO2/c13-7-10-1-3-11(4-2-10)8-14-5-6-16-9-12(14)15/h1-4H,5-9H2/i5D2,7D2,8D2. The van der Waals surface area contributed by atoms with Crippen LogP contribution in [0.4, 0.5) is 0 Å². The van der Waals surface area contributed by atoms with Crippen LogP contribution in [0.15, 0.2) is 24.3 Å². The zero-order valence-electron chi connectivity index (χ0n) is 14.4. The molecule has 0 aliphatic carbocycles. The molecule has 1 fully saturated rings. The molecule has 0 atom stereocenters. The Morgan fingerprint density at radius 1 is 1.44 bits per heavy atom. The van der Waals surface area contributed by atoms with Crippen molar-refractivity contribution in [3.8, 4) is 0 Å². The largest absolute Gasteiger partial charge is 0.370 e. The number of carbonyl (C=O) groups excluding carboxylic acids is 1. The summed E-state index contributed by atoms with van der Waals surface area (Å²) in [5, 5.41) is 0. The Kier molecular flexibility index (Phi) is 2.01. The normalized spacial score (nSPS) is 27.1. The third-order valence-electron chi connectivity index (χ3n) is 2.03. The number of ether oxygens (including phenoxy) is 1. The minimum Gasteiger partial charge on any atom is -0.370 e. The van der Waals surface area contributed by atoms with Crippen molar-refractivity contribution in [2.24, 2.45) is 0 Å². The molecule has 1 amide bonds. The maximum absolute atomic E-state index is 11.9. The molecule has 0 aromatic heterocycles. The fourth-order valence-electron chi connectivity index (χ4n) is 1.24. The number of morpholine rings is 1. The van der Waals surface area contributed by atoms with E-state index in [1.807, 2.05) is 0 Å². The summed E-state index contributed by atoms with van der Waals surface area (Å²) in [6.07, 6.45) is 0. The van der Waals surface area contributed by atoms with Gasteiger partial charge in [-0.3, -0.25) is 4.79 Å². The number of benzene rings is 1. The average Bonchev–Trinajstić information content (AvgIpc) is 2.36. The predicted octanol–water partition coefficient (Wildman–Crippen LogP) is 1.78. The molecule has 1 aliphatic heterocycles. The second-order valence-electron chi connectivity index (χ2n) is 3.16. The lowest BCUT2D eigenvalue weighted by molar-refractivity contribution is -0.143. The Balaban J connectivity index is 2.39. The van der Waals surface area contributed by atoms with Crippen LogP contribution in [-0.4, -0.2) is 30.5 Å². The lowest BCUT2D eigenvalue weighted by Crippen LogP contribution is -2.40. The van der Waals surface area contributed by atoms with Gasteiger partial charge >= 0.3 is 0 Å². The van der Waals surface area contributed by atoms with Gasteiger partial charge in [-0.15, -0.1) is 11.6 Å². The first-order chi connectivity index (χ1) is 9.96. The van der Waals surface area contributed by atoms with Gasteiger partial charge in [-0.1, -0.05) is 24.3 Å². The highest BCUT2D eigenvalue weighted by molar-refractivity contribution is 6.17. The molecule has 1 aromatic rings. The van der Waals surface area contributed by atoms with E-state index in [0.717, 1.165) is 0 Å². The van der Waals surface area contributed by atoms with Crippen LogP contribution in [0, 0.1) is 0 Å². The molecule has 1 heterocycles. The van der Waals surface area contributed by atoms with Crippen LogP contribution in [0.3, 0.4) is 0 Å². The molecule has 1 aromatic carbocycles. The molecule has 0 N–H and O–H groups in total. The smallest absolute Gasteiger partial charge is 0.248 e. The van der Waals surface area contributed by atoms with Gasteiger partial charge in [0.1, 0.15) is 6.61 Å². The first-order valence-corrected chi connectivity index (χ1v) is 5.05. The molecule has 4 heteroatoms. The summed E-state index contributed by atoms with van der Waals surface area (Å²) in [4.78, 5) is 12.4. The van der Waals surface area contributed by atoms with E-state index in [0.29, 0.717) is 4.90 Å².